The Labute approximate surface area is 188 Å². The molecular weight excluding hydrogens is 410 g/mol. The van der Waals surface area contributed by atoms with Crippen LogP contribution in [0, 0.1) is 0 Å². The largest absolute Gasteiger partial charge is 0.497 e. The number of aromatic nitrogens is 2. The predicted octanol–water partition coefficient (Wildman–Crippen LogP) is 3.35. The number of rotatable bonds is 7. The van der Waals surface area contributed by atoms with E-state index in [9.17, 15) is 4.79 Å². The van der Waals surface area contributed by atoms with Crippen molar-refractivity contribution in [3.8, 4) is 5.75 Å². The number of methoxy groups -OCH3 is 1. The third-order valence-corrected chi connectivity index (χ3v) is 6.94. The summed E-state index contributed by atoms with van der Waals surface area (Å²) in [4.78, 5) is 26.2. The molecule has 0 unspecified atom stereocenters. The summed E-state index contributed by atoms with van der Waals surface area (Å²) in [5.74, 6) is 2.23. The third kappa shape index (κ3) is 5.81. The molecule has 1 saturated carbocycles. The Morgan fingerprint density at radius 1 is 1.03 bits per heavy atom. The van der Waals surface area contributed by atoms with Crippen molar-refractivity contribution in [3.05, 3.63) is 36.7 Å². The van der Waals surface area contributed by atoms with Crippen molar-refractivity contribution in [1.29, 1.82) is 0 Å². The van der Waals surface area contributed by atoms with Crippen LogP contribution in [0.5, 0.6) is 5.75 Å². The van der Waals surface area contributed by atoms with Crippen molar-refractivity contribution in [1.82, 2.24) is 15.3 Å². The van der Waals surface area contributed by atoms with Gasteiger partial charge in [0, 0.05) is 50.3 Å². The quantitative estimate of drug-likeness (QED) is 0.661. The number of thioether (sulfide) groups is 1. The summed E-state index contributed by atoms with van der Waals surface area (Å²) in [6, 6.07) is 8.54. The Bertz CT molecular complexity index is 849. The highest BCUT2D eigenvalue weighted by atomic mass is 32.2. The molecule has 2 heterocycles. The first-order valence-electron chi connectivity index (χ1n) is 11.1. The van der Waals surface area contributed by atoms with E-state index in [1.807, 2.05) is 12.1 Å². The van der Waals surface area contributed by atoms with E-state index < -0.39 is 0 Å². The Morgan fingerprint density at radius 2 is 1.71 bits per heavy atom. The van der Waals surface area contributed by atoms with E-state index in [-0.39, 0.29) is 5.91 Å². The molecule has 7 nitrogen and oxygen atoms in total. The van der Waals surface area contributed by atoms with Gasteiger partial charge < -0.3 is 19.9 Å². The molecule has 1 aliphatic carbocycles. The van der Waals surface area contributed by atoms with Crippen LogP contribution in [0.25, 0.3) is 0 Å². The van der Waals surface area contributed by atoms with Crippen LogP contribution in [-0.2, 0) is 4.79 Å². The first kappa shape index (κ1) is 21.7. The smallest absolute Gasteiger partial charge is 0.230 e. The maximum atomic E-state index is 12.4. The van der Waals surface area contributed by atoms with Crippen LogP contribution in [0.1, 0.15) is 32.1 Å². The molecular formula is C23H31N5O2S. The first-order valence-corrected chi connectivity index (χ1v) is 12.1. The summed E-state index contributed by atoms with van der Waals surface area (Å²) in [7, 11) is 1.68. The molecule has 166 valence electrons. The molecule has 8 heteroatoms. The zero-order valence-electron chi connectivity index (χ0n) is 18.1. The van der Waals surface area contributed by atoms with Crippen molar-refractivity contribution >= 4 is 29.2 Å². The van der Waals surface area contributed by atoms with E-state index in [0.29, 0.717) is 11.8 Å². The minimum absolute atomic E-state index is 0.0952. The van der Waals surface area contributed by atoms with Gasteiger partial charge in [0.1, 0.15) is 10.8 Å². The van der Waals surface area contributed by atoms with Crippen molar-refractivity contribution in [2.75, 3.05) is 48.8 Å². The maximum absolute atomic E-state index is 12.4. The minimum atomic E-state index is 0.0952. The highest BCUT2D eigenvalue weighted by Gasteiger charge is 2.22. The number of piperazine rings is 1. The van der Waals surface area contributed by atoms with Crippen LogP contribution >= 0.6 is 11.8 Å². The second-order valence-electron chi connectivity index (χ2n) is 8.05. The number of hydrogen-bond donors (Lipinski definition) is 1. The highest BCUT2D eigenvalue weighted by Crippen LogP contribution is 2.28. The molecule has 2 fully saturated rings. The van der Waals surface area contributed by atoms with Gasteiger partial charge in [-0.2, -0.15) is 0 Å². The molecule has 1 saturated heterocycles. The molecule has 0 bridgehead atoms. The highest BCUT2D eigenvalue weighted by molar-refractivity contribution is 8.00. The molecule has 0 spiro atoms. The predicted molar refractivity (Wildman–Crippen MR) is 125 cm³/mol. The van der Waals surface area contributed by atoms with Gasteiger partial charge in [-0.1, -0.05) is 31.0 Å². The van der Waals surface area contributed by atoms with Gasteiger partial charge in [-0.25, -0.2) is 9.97 Å². The van der Waals surface area contributed by atoms with Gasteiger partial charge in [-0.3, -0.25) is 4.79 Å². The molecule has 0 atom stereocenters. The molecule has 2 aromatic rings. The zero-order chi connectivity index (χ0) is 21.5. The van der Waals surface area contributed by atoms with Crippen LogP contribution < -0.4 is 19.9 Å². The second-order valence-corrected chi connectivity index (χ2v) is 9.01. The van der Waals surface area contributed by atoms with Gasteiger partial charge >= 0.3 is 0 Å². The number of carbonyl (C=O) groups is 1. The van der Waals surface area contributed by atoms with Crippen LogP contribution in [0.4, 0.5) is 11.5 Å². The van der Waals surface area contributed by atoms with Crippen molar-refractivity contribution in [2.24, 2.45) is 0 Å². The third-order valence-electron chi connectivity index (χ3n) is 5.97. The fraction of sp³-hybridized carbons (Fsp3) is 0.522. The normalized spacial score (nSPS) is 17.5. The van der Waals surface area contributed by atoms with Gasteiger partial charge in [-0.05, 0) is 37.1 Å². The summed E-state index contributed by atoms with van der Waals surface area (Å²) >= 11 is 1.48. The van der Waals surface area contributed by atoms with Crippen molar-refractivity contribution in [2.45, 2.75) is 43.2 Å². The van der Waals surface area contributed by atoms with E-state index in [0.717, 1.165) is 55.6 Å². The van der Waals surface area contributed by atoms with Gasteiger partial charge in [-0.15, -0.1) is 0 Å². The summed E-state index contributed by atoms with van der Waals surface area (Å²) in [6.07, 6.45) is 9.37. The maximum Gasteiger partial charge on any atom is 0.230 e. The monoisotopic (exact) mass is 441 g/mol. The summed E-state index contributed by atoms with van der Waals surface area (Å²) in [5.41, 5.74) is 1.20. The number of nitrogens with one attached hydrogen (secondary N) is 1. The fourth-order valence-corrected chi connectivity index (χ4v) is 5.05. The van der Waals surface area contributed by atoms with Gasteiger partial charge in [0.2, 0.25) is 5.91 Å². The van der Waals surface area contributed by atoms with E-state index in [2.05, 4.69) is 37.2 Å². The fourth-order valence-electron chi connectivity index (χ4n) is 4.26. The molecule has 4 rings (SSSR count). The lowest BCUT2D eigenvalue weighted by molar-refractivity contribution is -0.119. The number of anilines is 2. The Balaban J connectivity index is 1.31. The second kappa shape index (κ2) is 10.7. The molecule has 1 aromatic carbocycles. The minimum Gasteiger partial charge on any atom is -0.497 e. The molecule has 2 aliphatic rings. The van der Waals surface area contributed by atoms with Crippen molar-refractivity contribution < 1.29 is 9.53 Å². The van der Waals surface area contributed by atoms with Crippen LogP contribution in [0.2, 0.25) is 0 Å². The van der Waals surface area contributed by atoms with Gasteiger partial charge in [0.15, 0.2) is 5.82 Å². The molecule has 0 radical (unpaired) electrons. The number of hydrogen-bond acceptors (Lipinski definition) is 7. The molecule has 1 aromatic heterocycles. The number of benzene rings is 1. The lowest BCUT2D eigenvalue weighted by atomic mass is 9.95. The number of carbonyl (C=O) groups excluding carboxylic acids is 1. The standard InChI is InChI=1S/C23H31N5O2S/c1-30-20-9-7-19(8-10-20)27-13-15-28(16-14-27)22-23(25-12-11-24-22)31-17-21(29)26-18-5-3-2-4-6-18/h7-12,18H,2-6,13-17H2,1H3,(H,26,29). The Hall–Kier alpha value is -2.48. The Kier molecular flexibility index (Phi) is 7.51. The van der Waals surface area contributed by atoms with Crippen LogP contribution in [-0.4, -0.2) is 61.0 Å². The Morgan fingerprint density at radius 3 is 2.42 bits per heavy atom. The summed E-state index contributed by atoms with van der Waals surface area (Å²) < 4.78 is 5.25. The molecule has 1 N–H and O–H groups in total. The van der Waals surface area contributed by atoms with Crippen LogP contribution in [0.3, 0.4) is 0 Å². The lowest BCUT2D eigenvalue weighted by Crippen LogP contribution is -2.47. The van der Waals surface area contributed by atoms with E-state index in [1.165, 1.54) is 36.7 Å². The average molecular weight is 442 g/mol. The van der Waals surface area contributed by atoms with Gasteiger partial charge in [0.05, 0.1) is 12.9 Å². The van der Waals surface area contributed by atoms with Crippen LogP contribution in [0.15, 0.2) is 41.7 Å². The summed E-state index contributed by atoms with van der Waals surface area (Å²) in [5, 5.41) is 4.02. The molecule has 1 aliphatic heterocycles. The van der Waals surface area contributed by atoms with Gasteiger partial charge in [0.25, 0.3) is 0 Å². The average Bonchev–Trinajstić information content (AvgIpc) is 2.84. The first-order chi connectivity index (χ1) is 15.2. The zero-order valence-corrected chi connectivity index (χ0v) is 18.9. The van der Waals surface area contributed by atoms with E-state index >= 15 is 0 Å². The van der Waals surface area contributed by atoms with E-state index in [4.69, 9.17) is 4.74 Å². The number of ether oxygens (including phenoxy) is 1. The summed E-state index contributed by atoms with van der Waals surface area (Å²) in [6.45, 7) is 3.56. The number of amides is 1. The SMILES string of the molecule is COc1ccc(N2CCN(c3nccnc3SCC(=O)NC3CCCCC3)CC2)cc1. The topological polar surface area (TPSA) is 70.6 Å². The molecule has 1 amide bonds. The van der Waals surface area contributed by atoms with E-state index in [1.54, 1.807) is 19.5 Å². The molecule has 31 heavy (non-hydrogen) atoms. The lowest BCUT2D eigenvalue weighted by Gasteiger charge is -2.37. The van der Waals surface area contributed by atoms with Crippen molar-refractivity contribution in [3.63, 3.8) is 0 Å². The number of nitrogens with zero attached hydrogens (tertiary/aromatic N) is 4.